The van der Waals surface area contributed by atoms with E-state index in [0.717, 1.165) is 25.8 Å². The molecule has 0 fully saturated rings. The van der Waals surface area contributed by atoms with Gasteiger partial charge in [0.1, 0.15) is 0 Å². The fraction of sp³-hybridized carbons (Fsp3) is 0.500. The smallest absolute Gasteiger partial charge is 0.340 e. The van der Waals surface area contributed by atoms with Crippen LogP contribution in [0.15, 0.2) is 24.3 Å². The van der Waals surface area contributed by atoms with Gasteiger partial charge < -0.3 is 15.4 Å². The zero-order valence-corrected chi connectivity index (χ0v) is 15.1. The highest BCUT2D eigenvalue weighted by molar-refractivity contribution is 5.99. The number of rotatable bonds is 9. The molecule has 25 heavy (non-hydrogen) atoms. The quantitative estimate of drug-likeness (QED) is 0.470. The number of carbonyl (C=O) groups excluding carboxylic acids is 3. The second kappa shape index (κ2) is 11.1. The summed E-state index contributed by atoms with van der Waals surface area (Å²) in [6, 6.07) is 6.31. The maximum Gasteiger partial charge on any atom is 0.340 e. The number of ether oxygens (including phenoxy) is 1. The van der Waals surface area contributed by atoms with Crippen molar-refractivity contribution in [3.63, 3.8) is 0 Å². The summed E-state index contributed by atoms with van der Waals surface area (Å²) < 4.78 is 5.00. The van der Waals surface area contributed by atoms with Gasteiger partial charge in [0.05, 0.1) is 5.56 Å². The standard InChI is InChI=1S/C18H27N3O4/c1-4-6-11-19-15-10-8-7-9-14(15)17(23)25-12-16(22)21-18(24)20-13(3)5-2/h7-10,13,19H,4-6,11-12H2,1-3H3,(H2,20,21,22,24)/t13-/m0/s1. The molecular weight excluding hydrogens is 322 g/mol. The van der Waals surface area contributed by atoms with Crippen LogP contribution in [0, 0.1) is 0 Å². The SMILES string of the molecule is CCCCNc1ccccc1C(=O)OCC(=O)NC(=O)N[C@@H](C)CC. The van der Waals surface area contributed by atoms with Crippen LogP contribution in [0.5, 0.6) is 0 Å². The van der Waals surface area contributed by atoms with E-state index >= 15 is 0 Å². The second-order valence-electron chi connectivity index (χ2n) is 5.73. The van der Waals surface area contributed by atoms with Crippen LogP contribution < -0.4 is 16.0 Å². The first-order chi connectivity index (χ1) is 12.0. The molecule has 1 atom stereocenters. The van der Waals surface area contributed by atoms with Crippen LogP contribution in [0.2, 0.25) is 0 Å². The fourth-order valence-electron chi connectivity index (χ4n) is 1.95. The van der Waals surface area contributed by atoms with Gasteiger partial charge in [0, 0.05) is 18.3 Å². The summed E-state index contributed by atoms with van der Waals surface area (Å²) in [6.07, 6.45) is 2.77. The first-order valence-electron chi connectivity index (χ1n) is 8.58. The minimum Gasteiger partial charge on any atom is -0.452 e. The Hall–Kier alpha value is -2.57. The average molecular weight is 349 g/mol. The molecule has 3 amide bonds. The molecule has 0 aliphatic carbocycles. The van der Waals surface area contributed by atoms with E-state index in [1.165, 1.54) is 0 Å². The number of imide groups is 1. The summed E-state index contributed by atoms with van der Waals surface area (Å²) >= 11 is 0. The van der Waals surface area contributed by atoms with E-state index in [-0.39, 0.29) is 6.04 Å². The Kier molecular flexibility index (Phi) is 9.06. The lowest BCUT2D eigenvalue weighted by Crippen LogP contribution is -2.44. The number of hydrogen-bond donors (Lipinski definition) is 3. The highest BCUT2D eigenvalue weighted by atomic mass is 16.5. The third-order valence-corrected chi connectivity index (χ3v) is 3.57. The molecule has 1 rings (SSSR count). The molecule has 0 saturated heterocycles. The number of hydrogen-bond acceptors (Lipinski definition) is 5. The molecule has 0 heterocycles. The highest BCUT2D eigenvalue weighted by Gasteiger charge is 2.15. The van der Waals surface area contributed by atoms with Gasteiger partial charge in [0.2, 0.25) is 0 Å². The number of nitrogens with one attached hydrogen (secondary N) is 3. The molecule has 0 radical (unpaired) electrons. The topological polar surface area (TPSA) is 96.5 Å². The first kappa shape index (κ1) is 20.5. The maximum atomic E-state index is 12.2. The number of unbranched alkanes of at least 4 members (excludes halogenated alkanes) is 1. The number of benzene rings is 1. The summed E-state index contributed by atoms with van der Waals surface area (Å²) in [5, 5.41) is 7.90. The second-order valence-corrected chi connectivity index (χ2v) is 5.73. The van der Waals surface area contributed by atoms with Crippen LogP contribution in [0.1, 0.15) is 50.4 Å². The van der Waals surface area contributed by atoms with Gasteiger partial charge in [0.25, 0.3) is 5.91 Å². The Balaban J connectivity index is 2.51. The summed E-state index contributed by atoms with van der Waals surface area (Å²) in [6.45, 7) is 6.05. The number of esters is 1. The predicted molar refractivity (Wildman–Crippen MR) is 96.5 cm³/mol. The van der Waals surface area contributed by atoms with E-state index in [0.29, 0.717) is 11.3 Å². The molecule has 0 spiro atoms. The Morgan fingerprint density at radius 1 is 1.16 bits per heavy atom. The molecule has 0 aromatic heterocycles. The zero-order chi connectivity index (χ0) is 18.7. The fourth-order valence-corrected chi connectivity index (χ4v) is 1.95. The van der Waals surface area contributed by atoms with Crippen LogP contribution in [0.3, 0.4) is 0 Å². The van der Waals surface area contributed by atoms with Gasteiger partial charge in [-0.05, 0) is 31.9 Å². The molecule has 1 aromatic carbocycles. The van der Waals surface area contributed by atoms with Gasteiger partial charge in [-0.25, -0.2) is 9.59 Å². The third-order valence-electron chi connectivity index (χ3n) is 3.57. The van der Waals surface area contributed by atoms with Crippen molar-refractivity contribution in [2.45, 2.75) is 46.1 Å². The highest BCUT2D eigenvalue weighted by Crippen LogP contribution is 2.16. The van der Waals surface area contributed by atoms with Crippen LogP contribution in [0.25, 0.3) is 0 Å². The Morgan fingerprint density at radius 3 is 2.56 bits per heavy atom. The first-order valence-corrected chi connectivity index (χ1v) is 8.58. The van der Waals surface area contributed by atoms with Gasteiger partial charge in [-0.1, -0.05) is 32.4 Å². The Bertz CT molecular complexity index is 589. The van der Waals surface area contributed by atoms with Crippen molar-refractivity contribution in [3.8, 4) is 0 Å². The molecule has 0 aliphatic rings. The maximum absolute atomic E-state index is 12.2. The monoisotopic (exact) mass is 349 g/mol. The lowest BCUT2D eigenvalue weighted by molar-refractivity contribution is -0.123. The molecule has 3 N–H and O–H groups in total. The predicted octanol–water partition coefficient (Wildman–Crippen LogP) is 2.68. The number of urea groups is 1. The molecule has 0 bridgehead atoms. The van der Waals surface area contributed by atoms with Crippen molar-refractivity contribution >= 4 is 23.6 Å². The van der Waals surface area contributed by atoms with E-state index in [1.54, 1.807) is 18.2 Å². The summed E-state index contributed by atoms with van der Waals surface area (Å²) in [4.78, 5) is 35.4. The van der Waals surface area contributed by atoms with E-state index in [4.69, 9.17) is 4.74 Å². The number of amides is 3. The van der Waals surface area contributed by atoms with Gasteiger partial charge in [0.15, 0.2) is 6.61 Å². The molecule has 0 unspecified atom stereocenters. The van der Waals surface area contributed by atoms with E-state index < -0.39 is 24.5 Å². The van der Waals surface area contributed by atoms with E-state index in [2.05, 4.69) is 22.9 Å². The Labute approximate surface area is 148 Å². The number of para-hydroxylation sites is 1. The van der Waals surface area contributed by atoms with Crippen molar-refractivity contribution in [1.29, 1.82) is 0 Å². The normalized spacial score (nSPS) is 11.3. The van der Waals surface area contributed by atoms with Crippen molar-refractivity contribution in [2.75, 3.05) is 18.5 Å². The van der Waals surface area contributed by atoms with E-state index in [9.17, 15) is 14.4 Å². The molecule has 7 nitrogen and oxygen atoms in total. The number of carbonyl (C=O) groups is 3. The van der Waals surface area contributed by atoms with Crippen molar-refractivity contribution in [2.24, 2.45) is 0 Å². The minimum atomic E-state index is -0.675. The van der Waals surface area contributed by atoms with Crippen LogP contribution >= 0.6 is 0 Å². The molecular formula is C18H27N3O4. The molecule has 1 aromatic rings. The lowest BCUT2D eigenvalue weighted by atomic mass is 10.1. The molecule has 7 heteroatoms. The minimum absolute atomic E-state index is 0.0450. The van der Waals surface area contributed by atoms with E-state index in [1.807, 2.05) is 19.9 Å². The van der Waals surface area contributed by atoms with Crippen molar-refractivity contribution < 1.29 is 19.1 Å². The lowest BCUT2D eigenvalue weighted by Gasteiger charge is -2.13. The molecule has 0 saturated carbocycles. The third kappa shape index (κ3) is 7.69. The zero-order valence-electron chi connectivity index (χ0n) is 15.1. The summed E-state index contributed by atoms with van der Waals surface area (Å²) in [5.74, 6) is -1.29. The van der Waals surface area contributed by atoms with Crippen molar-refractivity contribution in [3.05, 3.63) is 29.8 Å². The summed E-state index contributed by atoms with van der Waals surface area (Å²) in [5.41, 5.74) is 1.02. The van der Waals surface area contributed by atoms with Crippen LogP contribution in [-0.4, -0.2) is 37.1 Å². The molecule has 138 valence electrons. The largest absolute Gasteiger partial charge is 0.452 e. The average Bonchev–Trinajstić information content (AvgIpc) is 2.60. The number of anilines is 1. The summed E-state index contributed by atoms with van der Waals surface area (Å²) in [7, 11) is 0. The van der Waals surface area contributed by atoms with Crippen LogP contribution in [-0.2, 0) is 9.53 Å². The van der Waals surface area contributed by atoms with Crippen molar-refractivity contribution in [1.82, 2.24) is 10.6 Å². The molecule has 0 aliphatic heterocycles. The Morgan fingerprint density at radius 2 is 1.88 bits per heavy atom. The van der Waals surface area contributed by atoms with Crippen LogP contribution in [0.4, 0.5) is 10.5 Å². The van der Waals surface area contributed by atoms with Gasteiger partial charge in [-0.15, -0.1) is 0 Å². The van der Waals surface area contributed by atoms with Gasteiger partial charge in [-0.3, -0.25) is 10.1 Å². The van der Waals surface area contributed by atoms with Gasteiger partial charge in [-0.2, -0.15) is 0 Å². The van der Waals surface area contributed by atoms with Gasteiger partial charge >= 0.3 is 12.0 Å².